The van der Waals surface area contributed by atoms with Crippen molar-refractivity contribution in [3.8, 4) is 0 Å². The van der Waals surface area contributed by atoms with E-state index in [9.17, 15) is 4.79 Å². The zero-order valence-corrected chi connectivity index (χ0v) is 18.3. The van der Waals surface area contributed by atoms with E-state index in [-0.39, 0.29) is 11.3 Å². The number of carbonyl (C=O) groups excluding carboxylic acids is 1. The molecule has 4 heteroatoms. The lowest BCUT2D eigenvalue weighted by atomic mass is 9.73. The molecule has 154 valence electrons. The van der Waals surface area contributed by atoms with Crippen LogP contribution < -0.4 is 5.32 Å². The molecule has 1 unspecified atom stereocenters. The van der Waals surface area contributed by atoms with Crippen LogP contribution in [-0.2, 0) is 10.2 Å². The van der Waals surface area contributed by atoms with Crippen molar-refractivity contribution in [1.29, 1.82) is 0 Å². The van der Waals surface area contributed by atoms with Crippen LogP contribution >= 0.6 is 0 Å². The minimum atomic E-state index is -0.0793. The number of rotatable bonds is 11. The number of nitrogens with one attached hydrogen (secondary N) is 1. The lowest BCUT2D eigenvalue weighted by molar-refractivity contribution is -0.122. The van der Waals surface area contributed by atoms with E-state index in [2.05, 4.69) is 92.4 Å². The summed E-state index contributed by atoms with van der Waals surface area (Å²) in [5.41, 5.74) is 1.27. The van der Waals surface area contributed by atoms with Crippen LogP contribution in [0.3, 0.4) is 0 Å². The minimum absolute atomic E-state index is 0.0793. The molecular weight excluding hydrogens is 346 g/mol. The maximum absolute atomic E-state index is 12.6. The Morgan fingerprint density at radius 3 is 2.32 bits per heavy atom. The Morgan fingerprint density at radius 2 is 1.68 bits per heavy atom. The first-order valence-corrected chi connectivity index (χ1v) is 10.6. The highest BCUT2D eigenvalue weighted by atomic mass is 16.2. The van der Waals surface area contributed by atoms with Gasteiger partial charge in [0.25, 0.3) is 0 Å². The summed E-state index contributed by atoms with van der Waals surface area (Å²) >= 11 is 0. The summed E-state index contributed by atoms with van der Waals surface area (Å²) in [6.07, 6.45) is 2.00. The van der Waals surface area contributed by atoms with Gasteiger partial charge < -0.3 is 10.2 Å². The number of likely N-dealkylation sites (N-methyl/N-ethyl adjacent to an activating group) is 1. The minimum Gasteiger partial charge on any atom is -0.354 e. The topological polar surface area (TPSA) is 35.6 Å². The van der Waals surface area contributed by atoms with Gasteiger partial charge in [-0.2, -0.15) is 0 Å². The van der Waals surface area contributed by atoms with Crippen molar-refractivity contribution in [2.24, 2.45) is 0 Å². The summed E-state index contributed by atoms with van der Waals surface area (Å²) in [6, 6.07) is 15.1. The van der Waals surface area contributed by atoms with Gasteiger partial charge in [-0.1, -0.05) is 63.2 Å². The van der Waals surface area contributed by atoms with Gasteiger partial charge in [0.2, 0.25) is 5.91 Å². The second kappa shape index (κ2) is 10.6. The third kappa shape index (κ3) is 5.55. The largest absolute Gasteiger partial charge is 0.354 e. The van der Waals surface area contributed by atoms with Crippen LogP contribution in [0.15, 0.2) is 42.5 Å². The third-order valence-corrected chi connectivity index (χ3v) is 5.96. The summed E-state index contributed by atoms with van der Waals surface area (Å²) < 4.78 is 0. The lowest BCUT2D eigenvalue weighted by Crippen LogP contribution is -2.45. The molecule has 0 saturated heterocycles. The molecule has 2 aromatic rings. The number of carbonyl (C=O) groups is 1. The van der Waals surface area contributed by atoms with E-state index in [1.807, 2.05) is 0 Å². The molecule has 28 heavy (non-hydrogen) atoms. The average Bonchev–Trinajstić information content (AvgIpc) is 2.72. The Hall–Kier alpha value is -1.91. The summed E-state index contributed by atoms with van der Waals surface area (Å²) in [5.74, 6) is 0.117. The number of nitrogens with zero attached hydrogens (tertiary/aromatic N) is 2. The molecule has 0 aliphatic heterocycles. The molecule has 0 spiro atoms. The molecule has 1 atom stereocenters. The first-order chi connectivity index (χ1) is 13.5. The van der Waals surface area contributed by atoms with E-state index in [1.54, 1.807) is 0 Å². The van der Waals surface area contributed by atoms with Gasteiger partial charge in [-0.15, -0.1) is 0 Å². The van der Waals surface area contributed by atoms with Gasteiger partial charge in [0, 0.05) is 12.0 Å². The molecule has 0 saturated carbocycles. The highest BCUT2D eigenvalue weighted by Gasteiger charge is 2.32. The van der Waals surface area contributed by atoms with Crippen molar-refractivity contribution >= 4 is 16.7 Å². The van der Waals surface area contributed by atoms with E-state index in [0.717, 1.165) is 32.5 Å². The Labute approximate surface area is 170 Å². The van der Waals surface area contributed by atoms with Gasteiger partial charge in [0.1, 0.15) is 0 Å². The SMILES string of the molecule is CCN(CC)CC(=O)NCC(CC)(CCN(C)C)c1cccc2ccccc12. The molecular formula is C24H37N3O. The smallest absolute Gasteiger partial charge is 0.234 e. The van der Waals surface area contributed by atoms with Crippen LogP contribution in [-0.4, -0.2) is 62.5 Å². The zero-order chi connectivity index (χ0) is 20.6. The van der Waals surface area contributed by atoms with E-state index >= 15 is 0 Å². The number of hydrogen-bond acceptors (Lipinski definition) is 3. The van der Waals surface area contributed by atoms with Crippen LogP contribution in [0.25, 0.3) is 10.8 Å². The van der Waals surface area contributed by atoms with Crippen LogP contribution in [0.4, 0.5) is 0 Å². The normalized spacial score (nSPS) is 13.8. The molecule has 0 aliphatic carbocycles. The Kier molecular flexibility index (Phi) is 8.46. The molecule has 1 N–H and O–H groups in total. The molecule has 1 amide bonds. The van der Waals surface area contributed by atoms with Gasteiger partial charge in [-0.3, -0.25) is 9.69 Å². The molecule has 0 bridgehead atoms. The van der Waals surface area contributed by atoms with E-state index < -0.39 is 0 Å². The summed E-state index contributed by atoms with van der Waals surface area (Å²) in [6.45, 7) is 10.4. The highest BCUT2D eigenvalue weighted by molar-refractivity contribution is 5.87. The van der Waals surface area contributed by atoms with E-state index in [0.29, 0.717) is 13.1 Å². The number of benzene rings is 2. The second-order valence-electron chi connectivity index (χ2n) is 7.95. The molecule has 0 aliphatic rings. The Bertz CT molecular complexity index is 749. The van der Waals surface area contributed by atoms with Crippen molar-refractivity contribution in [3.63, 3.8) is 0 Å². The second-order valence-corrected chi connectivity index (χ2v) is 7.95. The summed E-state index contributed by atoms with van der Waals surface area (Å²) in [5, 5.41) is 5.82. The van der Waals surface area contributed by atoms with Crippen LogP contribution in [0.1, 0.15) is 39.2 Å². The van der Waals surface area contributed by atoms with E-state index in [1.165, 1.54) is 16.3 Å². The molecule has 0 aromatic heterocycles. The fourth-order valence-electron chi connectivity index (χ4n) is 3.91. The first-order valence-electron chi connectivity index (χ1n) is 10.6. The van der Waals surface area contributed by atoms with Gasteiger partial charge in [-0.05, 0) is 62.9 Å². The van der Waals surface area contributed by atoms with Gasteiger partial charge in [0.05, 0.1) is 6.54 Å². The lowest BCUT2D eigenvalue weighted by Gasteiger charge is -2.36. The Balaban J connectivity index is 2.33. The van der Waals surface area contributed by atoms with Crippen molar-refractivity contribution < 1.29 is 4.79 Å². The first kappa shape index (κ1) is 22.4. The highest BCUT2D eigenvalue weighted by Crippen LogP contribution is 2.36. The van der Waals surface area contributed by atoms with Crippen molar-refractivity contribution in [2.75, 3.05) is 46.8 Å². The number of amides is 1. The number of fused-ring (bicyclic) bond motifs is 1. The maximum atomic E-state index is 12.6. The van der Waals surface area contributed by atoms with Crippen molar-refractivity contribution in [1.82, 2.24) is 15.1 Å². The van der Waals surface area contributed by atoms with Gasteiger partial charge in [-0.25, -0.2) is 0 Å². The van der Waals surface area contributed by atoms with Crippen molar-refractivity contribution in [2.45, 2.75) is 39.0 Å². The van der Waals surface area contributed by atoms with Crippen LogP contribution in [0, 0.1) is 0 Å². The standard InChI is InChI=1S/C24H37N3O/c1-6-24(16-17-26(4)5,19-25-23(28)18-27(7-2)8-3)22-15-11-13-20-12-9-10-14-21(20)22/h9-15H,6-8,16-19H2,1-5H3,(H,25,28). The molecule has 2 rings (SSSR count). The molecule has 2 aromatic carbocycles. The predicted octanol–water partition coefficient (Wildman–Crippen LogP) is 3.90. The number of hydrogen-bond donors (Lipinski definition) is 1. The summed E-state index contributed by atoms with van der Waals surface area (Å²) in [4.78, 5) is 17.0. The predicted molar refractivity (Wildman–Crippen MR) is 120 cm³/mol. The molecule has 0 fully saturated rings. The molecule has 4 nitrogen and oxygen atoms in total. The van der Waals surface area contributed by atoms with E-state index in [4.69, 9.17) is 0 Å². The monoisotopic (exact) mass is 383 g/mol. The summed E-state index contributed by atoms with van der Waals surface area (Å²) in [7, 11) is 4.23. The third-order valence-electron chi connectivity index (χ3n) is 5.96. The quantitative estimate of drug-likeness (QED) is 0.639. The van der Waals surface area contributed by atoms with Crippen LogP contribution in [0.5, 0.6) is 0 Å². The molecule has 0 heterocycles. The van der Waals surface area contributed by atoms with Crippen molar-refractivity contribution in [3.05, 3.63) is 48.0 Å². The van der Waals surface area contributed by atoms with Gasteiger partial charge in [0.15, 0.2) is 0 Å². The van der Waals surface area contributed by atoms with Gasteiger partial charge >= 0.3 is 0 Å². The average molecular weight is 384 g/mol. The fraction of sp³-hybridized carbons (Fsp3) is 0.542. The molecule has 0 radical (unpaired) electrons. The Morgan fingerprint density at radius 1 is 1.00 bits per heavy atom. The van der Waals surface area contributed by atoms with Crippen LogP contribution in [0.2, 0.25) is 0 Å². The zero-order valence-electron chi connectivity index (χ0n) is 18.3. The maximum Gasteiger partial charge on any atom is 0.234 e. The fourth-order valence-corrected chi connectivity index (χ4v) is 3.91.